The minimum atomic E-state index is 0. The summed E-state index contributed by atoms with van der Waals surface area (Å²) in [6.07, 6.45) is 0. The Kier molecular flexibility index (Phi) is 306. The second kappa shape index (κ2) is 24.6. The fraction of sp³-hybridized carbons (Fsp3) is 0. The van der Waals surface area contributed by atoms with Crippen LogP contribution in [0, 0.1) is 0 Å². The van der Waals surface area contributed by atoms with E-state index in [1.54, 1.807) is 0 Å². The van der Waals surface area contributed by atoms with Crippen LogP contribution in [-0.4, -0.2) is 0 Å². The van der Waals surface area contributed by atoms with E-state index in [0.29, 0.717) is 0 Å². The fourth-order valence-corrected chi connectivity index (χ4v) is 0. The van der Waals surface area contributed by atoms with E-state index in [-0.39, 0.29) is 57.6 Å². The zero-order valence-electron chi connectivity index (χ0n) is 1.59. The van der Waals surface area contributed by atoms with Crippen molar-refractivity contribution in [3.8, 4) is 0 Å². The third-order valence-electron chi connectivity index (χ3n) is 0. The van der Waals surface area contributed by atoms with E-state index in [1.807, 2.05) is 0 Å². The molecule has 0 aromatic rings. The van der Waals surface area contributed by atoms with Crippen LogP contribution in [0.4, 0.5) is 0 Å². The molecular weight excluding hydrogens is 202 g/mol. The van der Waals surface area contributed by atoms with Gasteiger partial charge < -0.3 is 0 Å². The normalized spacial score (nSPS) is 0. The first-order valence-electron chi connectivity index (χ1n) is 0. The fourth-order valence-electron chi connectivity index (χ4n) is 0. The summed E-state index contributed by atoms with van der Waals surface area (Å²) >= 11 is 0. The van der Waals surface area contributed by atoms with E-state index in [9.17, 15) is 0 Å². The third-order valence-corrected chi connectivity index (χ3v) is 0. The summed E-state index contributed by atoms with van der Waals surface area (Å²) < 4.78 is 0. The van der Waals surface area contributed by atoms with Crippen molar-refractivity contribution in [1.29, 1.82) is 0 Å². The molecule has 0 heterocycles. The predicted molar refractivity (Wildman–Crippen MR) is 11.1 cm³/mol. The van der Waals surface area contributed by atoms with Crippen molar-refractivity contribution in [3.05, 3.63) is 0 Å². The molecule has 0 atom stereocenters. The molecule has 0 rings (SSSR count). The summed E-state index contributed by atoms with van der Waals surface area (Å²) in [5.41, 5.74) is 0. The van der Waals surface area contributed by atoms with E-state index in [4.69, 9.17) is 0 Å². The summed E-state index contributed by atoms with van der Waals surface area (Å²) in [6.45, 7) is 0. The summed E-state index contributed by atoms with van der Waals surface area (Å²) in [5, 5.41) is 0. The summed E-state index contributed by atoms with van der Waals surface area (Å²) in [4.78, 5) is 0. The number of hydrogen-bond acceptors (Lipinski definition) is 0. The number of rotatable bonds is 0. The molecule has 0 spiro atoms. The number of nitrogens with zero attached hydrogens (tertiary/aromatic N) is 1. The molecule has 4 radical (unpaired) electrons. The van der Waals surface area contributed by atoms with Crippen molar-refractivity contribution < 1.29 is 34.4 Å². The molecule has 0 aromatic carbocycles. The number of halogens is 1. The molecule has 0 saturated carbocycles. The van der Waals surface area contributed by atoms with Crippen LogP contribution in [0.25, 0.3) is 0 Å². The van der Waals surface area contributed by atoms with E-state index in [2.05, 4.69) is 0 Å². The molecule has 0 aliphatic carbocycles. The Morgan fingerprint density at radius 3 is 1.00 bits per heavy atom. The maximum Gasteiger partial charge on any atom is 0 e. The molecule has 0 amide bonds. The minimum Gasteiger partial charge on any atom is 0 e. The van der Waals surface area contributed by atoms with Gasteiger partial charge in [-0.1, -0.05) is 0 Å². The van der Waals surface area contributed by atoms with Crippen LogP contribution in [0.2, 0.25) is 0 Å². The Labute approximate surface area is 57.5 Å². The molecule has 4 heavy (non-hydrogen) atoms. The van der Waals surface area contributed by atoms with E-state index in [0.717, 1.165) is 0 Å². The maximum atomic E-state index is 0. The van der Waals surface area contributed by atoms with Gasteiger partial charge in [0.25, 0.3) is 0 Å². The Hall–Kier alpha value is 1.49. The van der Waals surface area contributed by atoms with Gasteiger partial charge in [0.05, 0.1) is 0 Å². The van der Waals surface area contributed by atoms with Crippen LogP contribution in [0.15, 0.2) is 0 Å². The zero-order chi connectivity index (χ0) is 0. The molecule has 4 heteroatoms. The van der Waals surface area contributed by atoms with Crippen molar-refractivity contribution in [1.82, 2.24) is 6.15 Å². The Bertz CT molecular complexity index is 8.00. The van der Waals surface area contributed by atoms with Crippen LogP contribution < -0.4 is 6.15 Å². The first-order chi connectivity index (χ1) is 0. The van der Waals surface area contributed by atoms with Gasteiger partial charge in [0, 0.05) is 57.6 Å². The topological polar surface area (TPSA) is 30.5 Å². The molecule has 0 fully saturated rings. The second-order valence-corrected chi connectivity index (χ2v) is 0. The van der Waals surface area contributed by atoms with Gasteiger partial charge in [-0.05, 0) is 0 Å². The Morgan fingerprint density at radius 2 is 1.00 bits per heavy atom. The molecule has 0 aromatic heterocycles. The van der Waals surface area contributed by atoms with Crippen LogP contribution in [-0.2, 0) is 34.4 Å². The predicted octanol–water partition coefficient (Wildman–Crippen LogP) is 0.360. The van der Waals surface area contributed by atoms with Gasteiger partial charge in [0.1, 0.15) is 0 Å². The second-order valence-electron chi connectivity index (χ2n) is 0. The average Bonchev–Trinajstić information content (AvgIpc) is 0. The van der Waals surface area contributed by atoms with Crippen molar-refractivity contribution in [2.45, 2.75) is 0 Å². The van der Waals surface area contributed by atoms with Gasteiger partial charge in [-0.2, -0.15) is 0 Å². The van der Waals surface area contributed by atoms with Gasteiger partial charge in [0.15, 0.2) is 0 Å². The van der Waals surface area contributed by atoms with Crippen molar-refractivity contribution in [3.63, 3.8) is 0 Å². The Morgan fingerprint density at radius 1 is 1.00 bits per heavy atom. The van der Waals surface area contributed by atoms with Gasteiger partial charge in [-0.3, -0.25) is 0 Å². The van der Waals surface area contributed by atoms with Crippen molar-refractivity contribution in [2.24, 2.45) is 0 Å². The third kappa shape index (κ3) is 9.74. The molecule has 0 aliphatic heterocycles. The standard InChI is InChI=1S/Br.Cr.Fe.N. The van der Waals surface area contributed by atoms with Crippen LogP contribution >= 0.6 is 17.0 Å². The molecule has 0 saturated heterocycles. The first-order valence-corrected chi connectivity index (χ1v) is 0. The molecule has 1 nitrogen and oxygen atoms in total. The molecule has 0 N–H and O–H groups in total. The van der Waals surface area contributed by atoms with E-state index < -0.39 is 0 Å². The molecular formula is BrCrFeN. The molecule has 0 unspecified atom stereocenters. The quantitative estimate of drug-likeness (QED) is 0.507. The summed E-state index contributed by atoms with van der Waals surface area (Å²) in [5.74, 6) is 0. The van der Waals surface area contributed by atoms with E-state index >= 15 is 0 Å². The smallest absolute Gasteiger partial charge is 0 e. The van der Waals surface area contributed by atoms with Gasteiger partial charge in [-0.25, -0.2) is 0 Å². The van der Waals surface area contributed by atoms with Gasteiger partial charge in [0.2, 0.25) is 0 Å². The SMILES string of the molecule is [Br].[Cr].[Fe].[N]. The molecule has 0 aliphatic rings. The maximum absolute atomic E-state index is 0. The summed E-state index contributed by atoms with van der Waals surface area (Å²) in [6, 6.07) is 0. The Balaban J connectivity index is 0. The average molecular weight is 202 g/mol. The number of hydrogen-bond donors (Lipinski definition) is 0. The van der Waals surface area contributed by atoms with Crippen LogP contribution in [0.3, 0.4) is 0 Å². The zero-order valence-corrected chi connectivity index (χ0v) is 5.55. The van der Waals surface area contributed by atoms with Crippen molar-refractivity contribution >= 4 is 17.0 Å². The van der Waals surface area contributed by atoms with Gasteiger partial charge >= 0.3 is 0 Å². The molecule has 26 valence electrons. The van der Waals surface area contributed by atoms with Crippen molar-refractivity contribution in [2.75, 3.05) is 0 Å². The first kappa shape index (κ1) is 49.8. The monoisotopic (exact) mass is 201 g/mol. The van der Waals surface area contributed by atoms with Gasteiger partial charge in [-0.15, -0.1) is 0 Å². The largest absolute Gasteiger partial charge is 0 e. The summed E-state index contributed by atoms with van der Waals surface area (Å²) in [7, 11) is 0. The minimum absolute atomic E-state index is 0. The molecule has 0 bridgehead atoms. The van der Waals surface area contributed by atoms with Crippen LogP contribution in [0.5, 0.6) is 0 Å². The van der Waals surface area contributed by atoms with Crippen LogP contribution in [0.1, 0.15) is 0 Å². The van der Waals surface area contributed by atoms with E-state index in [1.165, 1.54) is 0 Å².